The van der Waals surface area contributed by atoms with Crippen molar-refractivity contribution >= 4 is 56.5 Å². The van der Waals surface area contributed by atoms with Crippen LogP contribution in [0.2, 0.25) is 0 Å². The van der Waals surface area contributed by atoms with Gasteiger partial charge in [0.05, 0.1) is 6.07 Å². The van der Waals surface area contributed by atoms with E-state index in [-0.39, 0.29) is 25.7 Å². The number of pyridine rings is 3. The Morgan fingerprint density at radius 2 is 1.51 bits per heavy atom. The van der Waals surface area contributed by atoms with Gasteiger partial charge in [-0.2, -0.15) is 37.4 Å². The van der Waals surface area contributed by atoms with E-state index in [1.807, 2.05) is 146 Å². The van der Waals surface area contributed by atoms with Crippen LogP contribution >= 0.6 is 0 Å². The van der Waals surface area contributed by atoms with Crippen molar-refractivity contribution in [2.45, 2.75) is 26.9 Å². The molecule has 7 heterocycles. The average Bonchev–Trinajstić information content (AvgIpc) is 4.03. The fourth-order valence-electron chi connectivity index (χ4n) is 7.35. The Labute approximate surface area is 353 Å². The molecule has 9 rings (SSSR count). The van der Waals surface area contributed by atoms with Gasteiger partial charge in [-0.25, -0.2) is 11.1 Å². The van der Waals surface area contributed by atoms with Gasteiger partial charge in [-0.05, 0) is 84.1 Å². The fraction of sp³-hybridized carbons (Fsp3) is 0.140. The number of rotatable bonds is 6. The van der Waals surface area contributed by atoms with E-state index < -0.39 is 18.6 Å². The minimum Gasteiger partial charge on any atom is -0.585 e. The molecule has 299 valence electrons. The molecule has 0 bridgehead atoms. The first-order chi connectivity index (χ1) is 27.9. The Balaban J connectivity index is 0.000000212. The Bertz CT molecular complexity index is 2650. The van der Waals surface area contributed by atoms with Gasteiger partial charge >= 0.3 is 6.18 Å². The number of nitrogens with zero attached hydrogens (tertiary/aromatic N) is 11. The standard InChI is InChI=1S/C28H20BF3N6.C15H14N5.Ir/c1-16-11-17(2)27(18(3)12-16)29(25-13-23(36-37-25)28(30,31)32)24-5-4-6-26(35-24)38-21-7-9-33-14-19(21)20-15-34-10-8-22(20)38;1-17-3-5-19(11-17)14-7-13(10-16)8-15(9-14)20-6-4-18(2)12-20;/h4-7,9-15H,1-3H3;3-8,11-12H,1-2H3;/q-2;-3;. The second-order valence-corrected chi connectivity index (χ2v) is 14.1. The predicted molar refractivity (Wildman–Crippen MR) is 218 cm³/mol. The van der Waals surface area contributed by atoms with Crippen LogP contribution in [0.25, 0.3) is 27.6 Å². The van der Waals surface area contributed by atoms with Gasteiger partial charge in [-0.1, -0.05) is 63.6 Å². The zero-order valence-electron chi connectivity index (χ0n) is 32.4. The molecule has 0 aliphatic carbocycles. The molecule has 11 nitrogen and oxygen atoms in total. The van der Waals surface area contributed by atoms with E-state index in [4.69, 9.17) is 4.98 Å². The van der Waals surface area contributed by atoms with Gasteiger partial charge < -0.3 is 39.3 Å². The molecule has 0 saturated carbocycles. The maximum absolute atomic E-state index is 13.5. The molecule has 16 heteroatoms. The summed E-state index contributed by atoms with van der Waals surface area (Å²) in [5.74, 6) is 0.596. The molecule has 59 heavy (non-hydrogen) atoms. The quantitative estimate of drug-likeness (QED) is 0.154. The summed E-state index contributed by atoms with van der Waals surface area (Å²) in [5, 5.41) is 18.4. The minimum absolute atomic E-state index is 0. The number of anilines is 2. The predicted octanol–water partition coefficient (Wildman–Crippen LogP) is 5.62. The third-order valence-electron chi connectivity index (χ3n) is 9.80. The Hall–Kier alpha value is -6.43. The van der Waals surface area contributed by atoms with E-state index in [0.717, 1.165) is 61.4 Å². The smallest absolute Gasteiger partial charge is 0.431 e. The number of benzene rings is 2. The molecule has 2 aliphatic rings. The normalized spacial score (nSPS) is 13.5. The largest absolute Gasteiger partial charge is 0.585 e. The molecule has 1 radical (unpaired) electrons. The molecule has 0 spiro atoms. The first-order valence-electron chi connectivity index (χ1n) is 18.1. The summed E-state index contributed by atoms with van der Waals surface area (Å²) in [6, 6.07) is 24.8. The van der Waals surface area contributed by atoms with Gasteiger partial charge in [-0.15, -0.1) is 40.5 Å². The number of alkyl halides is 3. The van der Waals surface area contributed by atoms with Gasteiger partial charge in [0, 0.05) is 43.6 Å². The van der Waals surface area contributed by atoms with Crippen molar-refractivity contribution in [3.8, 4) is 11.9 Å². The third kappa shape index (κ3) is 8.17. The van der Waals surface area contributed by atoms with Gasteiger partial charge in [0.1, 0.15) is 11.5 Å². The molecule has 7 aromatic rings. The summed E-state index contributed by atoms with van der Waals surface area (Å²) in [7, 11) is 3.91. The maximum Gasteiger partial charge on any atom is 0.431 e. The molecule has 5 aromatic heterocycles. The van der Waals surface area contributed by atoms with Crippen LogP contribution in [-0.4, -0.2) is 55.2 Å². The Morgan fingerprint density at radius 3 is 2.10 bits per heavy atom. The molecular weight excluding hydrogens is 931 g/mol. The summed E-state index contributed by atoms with van der Waals surface area (Å²) < 4.78 is 42.4. The second-order valence-electron chi connectivity index (χ2n) is 14.1. The summed E-state index contributed by atoms with van der Waals surface area (Å²) >= 11 is 0. The molecule has 0 fully saturated rings. The summed E-state index contributed by atoms with van der Waals surface area (Å²) in [5.41, 5.74) is 7.49. The van der Waals surface area contributed by atoms with Crippen LogP contribution in [0.15, 0.2) is 104 Å². The van der Waals surface area contributed by atoms with E-state index in [0.29, 0.717) is 17.0 Å². The summed E-state index contributed by atoms with van der Waals surface area (Å²) in [4.78, 5) is 21.2. The monoisotopic (exact) mass is 965 g/mol. The molecule has 0 unspecified atom stereocenters. The SMILES string of the molecule is CN1C=CN(c2[c-]c(N3C=CN(C)[CH-]3)cc(C#N)c2)[CH-]1.Cc1cc(C)c(B(c2cccc(-n3c4[c-]cncc4c4cnccc43)n2)c2cc(C(F)(F)F)n[n-]2)c(C)c1.[Ir]. The van der Waals surface area contributed by atoms with Crippen LogP contribution in [0.4, 0.5) is 24.5 Å². The Morgan fingerprint density at radius 1 is 0.847 bits per heavy atom. The second kappa shape index (κ2) is 16.4. The molecular formula is C43H34BF3IrN11-5. The van der Waals surface area contributed by atoms with Gasteiger partial charge in [0.2, 0.25) is 6.71 Å². The molecule has 0 saturated heterocycles. The van der Waals surface area contributed by atoms with Crippen molar-refractivity contribution in [2.75, 3.05) is 23.9 Å². The molecule has 0 amide bonds. The van der Waals surface area contributed by atoms with E-state index in [2.05, 4.69) is 38.4 Å². The molecule has 2 aliphatic heterocycles. The number of nitriles is 1. The number of aromatic nitrogens is 6. The van der Waals surface area contributed by atoms with Crippen molar-refractivity contribution < 1.29 is 33.3 Å². The Kier molecular flexibility index (Phi) is 11.4. The number of aryl methyl sites for hydroxylation is 3. The molecule has 2 aromatic carbocycles. The van der Waals surface area contributed by atoms with Crippen LogP contribution < -0.4 is 31.5 Å². The summed E-state index contributed by atoms with van der Waals surface area (Å²) in [6.07, 6.45) is 10.0. The zero-order chi connectivity index (χ0) is 40.7. The van der Waals surface area contributed by atoms with Crippen LogP contribution in [0.3, 0.4) is 0 Å². The number of hydrogen-bond donors (Lipinski definition) is 0. The maximum atomic E-state index is 13.5. The van der Waals surface area contributed by atoms with Crippen molar-refractivity contribution in [3.63, 3.8) is 0 Å². The van der Waals surface area contributed by atoms with E-state index in [1.54, 1.807) is 24.8 Å². The van der Waals surface area contributed by atoms with Crippen molar-refractivity contribution in [2.24, 2.45) is 0 Å². The van der Waals surface area contributed by atoms with E-state index in [1.165, 1.54) is 0 Å². The zero-order valence-corrected chi connectivity index (χ0v) is 34.8. The van der Waals surface area contributed by atoms with Crippen LogP contribution in [0, 0.1) is 57.6 Å². The fourth-order valence-corrected chi connectivity index (χ4v) is 7.35. The number of hydrogen-bond acceptors (Lipinski definition) is 9. The first-order valence-corrected chi connectivity index (χ1v) is 18.1. The van der Waals surface area contributed by atoms with Crippen LogP contribution in [0.5, 0.6) is 0 Å². The van der Waals surface area contributed by atoms with E-state index >= 15 is 0 Å². The molecule has 0 atom stereocenters. The van der Waals surface area contributed by atoms with Gasteiger partial charge in [0.25, 0.3) is 0 Å². The van der Waals surface area contributed by atoms with Crippen molar-refractivity contribution in [1.29, 1.82) is 5.26 Å². The van der Waals surface area contributed by atoms with Gasteiger partial charge in [0.15, 0.2) is 0 Å². The molecule has 0 N–H and O–H groups in total. The van der Waals surface area contributed by atoms with Gasteiger partial charge in [-0.3, -0.25) is 4.98 Å². The topological polar surface area (TPSA) is 107 Å². The minimum atomic E-state index is -4.59. The van der Waals surface area contributed by atoms with Crippen molar-refractivity contribution in [1.82, 2.24) is 39.5 Å². The first kappa shape index (κ1) is 40.8. The third-order valence-corrected chi connectivity index (χ3v) is 9.80. The van der Waals surface area contributed by atoms with Crippen molar-refractivity contribution in [3.05, 3.63) is 158 Å². The number of fused-ring (bicyclic) bond motifs is 3. The summed E-state index contributed by atoms with van der Waals surface area (Å²) in [6.45, 7) is 9.12. The van der Waals surface area contributed by atoms with Crippen LogP contribution in [-0.2, 0) is 26.3 Å². The number of halogens is 3. The average molecular weight is 965 g/mol. The van der Waals surface area contributed by atoms with E-state index in [9.17, 15) is 18.4 Å². The van der Waals surface area contributed by atoms with Crippen LogP contribution in [0.1, 0.15) is 27.9 Å².